The van der Waals surface area contributed by atoms with E-state index in [0.717, 1.165) is 38.8 Å². The predicted octanol–water partition coefficient (Wildman–Crippen LogP) is 6.23. The lowest BCUT2D eigenvalue weighted by Crippen LogP contribution is -2.52. The molecule has 174 valence electrons. The van der Waals surface area contributed by atoms with Gasteiger partial charge in [-0.2, -0.15) is 0 Å². The molecule has 1 aromatic heterocycles. The highest BCUT2D eigenvalue weighted by atomic mass is 16.5. The van der Waals surface area contributed by atoms with Crippen molar-refractivity contribution in [3.05, 3.63) is 35.5 Å². The second kappa shape index (κ2) is 9.21. The highest BCUT2D eigenvalue weighted by molar-refractivity contribution is 5.89. The molecule has 1 aromatic carbocycles. The van der Waals surface area contributed by atoms with Crippen molar-refractivity contribution >= 4 is 16.9 Å². The van der Waals surface area contributed by atoms with Gasteiger partial charge in [0.15, 0.2) is 0 Å². The lowest BCUT2D eigenvalue weighted by Gasteiger charge is -2.46. The maximum atomic E-state index is 13.3. The standard InChI is InChI=1S/C28H40N2O2/c1-4-5-14-29-17-21(28(31)32-22-10-7-6-8-11-22)15-24-23-12-9-13-25-27(23)20(16-26(24)29)18-30(25)19(2)3/h9,12-13,18-19,21-22,24,26H,4-8,10-11,14-17H2,1-3H3/t21-,24?,26-/m1/s1. The van der Waals surface area contributed by atoms with E-state index < -0.39 is 0 Å². The second-order valence-electron chi connectivity index (χ2n) is 10.8. The van der Waals surface area contributed by atoms with Gasteiger partial charge >= 0.3 is 5.97 Å². The fraction of sp³-hybridized carbons (Fsp3) is 0.679. The van der Waals surface area contributed by atoms with Gasteiger partial charge in [0.2, 0.25) is 0 Å². The molecule has 2 heterocycles. The fourth-order valence-electron chi connectivity index (χ4n) is 6.59. The summed E-state index contributed by atoms with van der Waals surface area (Å²) in [6, 6.07) is 7.79. The van der Waals surface area contributed by atoms with Crippen LogP contribution in [0.4, 0.5) is 0 Å². The van der Waals surface area contributed by atoms with E-state index in [2.05, 4.69) is 54.6 Å². The van der Waals surface area contributed by atoms with Gasteiger partial charge in [0.05, 0.1) is 5.92 Å². The lowest BCUT2D eigenvalue weighted by atomic mass is 9.72. The molecule has 2 aromatic rings. The van der Waals surface area contributed by atoms with Crippen LogP contribution in [0.3, 0.4) is 0 Å². The second-order valence-corrected chi connectivity index (χ2v) is 10.8. The van der Waals surface area contributed by atoms with Gasteiger partial charge < -0.3 is 9.30 Å². The van der Waals surface area contributed by atoms with Gasteiger partial charge in [-0.15, -0.1) is 0 Å². The zero-order chi connectivity index (χ0) is 22.2. The molecule has 1 saturated heterocycles. The Labute approximate surface area is 193 Å². The molecule has 0 N–H and O–H groups in total. The van der Waals surface area contributed by atoms with Crippen molar-refractivity contribution in [2.45, 2.75) is 103 Å². The number of hydrogen-bond donors (Lipinski definition) is 0. The average Bonchev–Trinajstić information content (AvgIpc) is 3.18. The Morgan fingerprint density at radius 1 is 1.19 bits per heavy atom. The zero-order valence-corrected chi connectivity index (χ0v) is 20.2. The summed E-state index contributed by atoms with van der Waals surface area (Å²) in [5.41, 5.74) is 4.32. The first-order valence-corrected chi connectivity index (χ1v) is 13.1. The van der Waals surface area contributed by atoms with Crippen LogP contribution in [0.15, 0.2) is 24.4 Å². The number of rotatable bonds is 6. The van der Waals surface area contributed by atoms with Crippen molar-refractivity contribution in [2.24, 2.45) is 5.92 Å². The van der Waals surface area contributed by atoms with E-state index in [1.165, 1.54) is 54.1 Å². The van der Waals surface area contributed by atoms with E-state index in [4.69, 9.17) is 4.74 Å². The molecule has 0 amide bonds. The molecule has 4 heteroatoms. The van der Waals surface area contributed by atoms with Crippen LogP contribution in [0.2, 0.25) is 0 Å². The van der Waals surface area contributed by atoms with Crippen LogP contribution in [0.1, 0.15) is 95.2 Å². The Balaban J connectivity index is 1.45. The molecular formula is C28H40N2O2. The molecule has 1 saturated carbocycles. The molecule has 1 unspecified atom stereocenters. The van der Waals surface area contributed by atoms with E-state index in [-0.39, 0.29) is 18.0 Å². The van der Waals surface area contributed by atoms with Crippen LogP contribution >= 0.6 is 0 Å². The number of ether oxygens (including phenoxy) is 1. The normalized spacial score (nSPS) is 26.4. The first kappa shape index (κ1) is 22.0. The first-order valence-electron chi connectivity index (χ1n) is 13.1. The maximum Gasteiger partial charge on any atom is 0.310 e. The number of aromatic nitrogens is 1. The molecule has 4 nitrogen and oxygen atoms in total. The van der Waals surface area contributed by atoms with Gasteiger partial charge in [0.1, 0.15) is 6.10 Å². The number of carbonyl (C=O) groups excluding carboxylic acids is 1. The average molecular weight is 437 g/mol. The molecule has 5 rings (SSSR count). The third kappa shape index (κ3) is 4.00. The Hall–Kier alpha value is -1.81. The summed E-state index contributed by atoms with van der Waals surface area (Å²) in [6.45, 7) is 8.75. The summed E-state index contributed by atoms with van der Waals surface area (Å²) >= 11 is 0. The summed E-state index contributed by atoms with van der Waals surface area (Å²) in [7, 11) is 0. The number of piperidine rings is 1. The SMILES string of the molecule is CCCCN1C[C@H](C(=O)OC2CCCCC2)CC2c3cccc4c3c(cn4C(C)C)C[C@H]21. The van der Waals surface area contributed by atoms with Gasteiger partial charge in [-0.25, -0.2) is 0 Å². The molecule has 0 bridgehead atoms. The number of fused-ring (bicyclic) bond motifs is 2. The minimum Gasteiger partial charge on any atom is -0.462 e. The smallest absolute Gasteiger partial charge is 0.310 e. The van der Waals surface area contributed by atoms with Crippen molar-refractivity contribution in [1.82, 2.24) is 9.47 Å². The third-order valence-electron chi connectivity index (χ3n) is 8.25. The molecule has 3 aliphatic rings. The third-order valence-corrected chi connectivity index (χ3v) is 8.25. The summed E-state index contributed by atoms with van der Waals surface area (Å²) in [5.74, 6) is 0.484. The summed E-state index contributed by atoms with van der Waals surface area (Å²) < 4.78 is 8.51. The predicted molar refractivity (Wildman–Crippen MR) is 130 cm³/mol. The van der Waals surface area contributed by atoms with Gasteiger partial charge in [-0.3, -0.25) is 9.69 Å². The topological polar surface area (TPSA) is 34.5 Å². The number of carbonyl (C=O) groups is 1. The Morgan fingerprint density at radius 3 is 2.75 bits per heavy atom. The van der Waals surface area contributed by atoms with Gasteiger partial charge in [-0.05, 0) is 82.5 Å². The number of benzene rings is 1. The largest absolute Gasteiger partial charge is 0.462 e. The molecule has 1 aliphatic heterocycles. The van der Waals surface area contributed by atoms with Crippen molar-refractivity contribution in [1.29, 1.82) is 0 Å². The molecule has 2 aliphatic carbocycles. The molecule has 0 spiro atoms. The summed E-state index contributed by atoms with van der Waals surface area (Å²) in [5, 5.41) is 1.46. The van der Waals surface area contributed by atoms with Gasteiger partial charge in [0, 0.05) is 41.6 Å². The van der Waals surface area contributed by atoms with E-state index in [0.29, 0.717) is 18.0 Å². The van der Waals surface area contributed by atoms with Crippen LogP contribution in [0.25, 0.3) is 10.9 Å². The number of hydrogen-bond acceptors (Lipinski definition) is 3. The highest BCUT2D eigenvalue weighted by Crippen LogP contribution is 2.46. The van der Waals surface area contributed by atoms with Crippen molar-refractivity contribution in [3.63, 3.8) is 0 Å². The van der Waals surface area contributed by atoms with E-state index in [1.54, 1.807) is 0 Å². The number of esters is 1. The van der Waals surface area contributed by atoms with Crippen molar-refractivity contribution < 1.29 is 9.53 Å². The first-order chi connectivity index (χ1) is 15.6. The lowest BCUT2D eigenvalue weighted by molar-refractivity contribution is -0.158. The van der Waals surface area contributed by atoms with Gasteiger partial charge in [-0.1, -0.05) is 31.9 Å². The summed E-state index contributed by atoms with van der Waals surface area (Å²) in [4.78, 5) is 15.9. The quantitative estimate of drug-likeness (QED) is 0.504. The van der Waals surface area contributed by atoms with E-state index >= 15 is 0 Å². The van der Waals surface area contributed by atoms with E-state index in [1.807, 2.05) is 0 Å². The highest BCUT2D eigenvalue weighted by Gasteiger charge is 2.43. The van der Waals surface area contributed by atoms with Crippen molar-refractivity contribution in [3.8, 4) is 0 Å². The molecule has 3 atom stereocenters. The van der Waals surface area contributed by atoms with E-state index in [9.17, 15) is 4.79 Å². The number of unbranched alkanes of at least 4 members (excludes halogenated alkanes) is 1. The Kier molecular flexibility index (Phi) is 6.33. The van der Waals surface area contributed by atoms with Gasteiger partial charge in [0.25, 0.3) is 0 Å². The van der Waals surface area contributed by atoms with Crippen LogP contribution in [0, 0.1) is 5.92 Å². The van der Waals surface area contributed by atoms with Crippen molar-refractivity contribution in [2.75, 3.05) is 13.1 Å². The zero-order valence-electron chi connectivity index (χ0n) is 20.2. The molecule has 2 fully saturated rings. The van der Waals surface area contributed by atoms with Crippen LogP contribution in [-0.2, 0) is 16.0 Å². The minimum atomic E-state index is -0.000904. The molecular weight excluding hydrogens is 396 g/mol. The maximum absolute atomic E-state index is 13.3. The molecule has 32 heavy (non-hydrogen) atoms. The number of nitrogens with zero attached hydrogens (tertiary/aromatic N) is 2. The Morgan fingerprint density at radius 2 is 2.00 bits per heavy atom. The van der Waals surface area contributed by atoms with Crippen LogP contribution < -0.4 is 0 Å². The molecule has 0 radical (unpaired) electrons. The Bertz CT molecular complexity index is 956. The monoisotopic (exact) mass is 436 g/mol. The van der Waals surface area contributed by atoms with Crippen LogP contribution in [0.5, 0.6) is 0 Å². The number of likely N-dealkylation sites (tertiary alicyclic amines) is 1. The minimum absolute atomic E-state index is 0.000904. The van der Waals surface area contributed by atoms with Crippen LogP contribution in [-0.4, -0.2) is 40.7 Å². The fourth-order valence-corrected chi connectivity index (χ4v) is 6.59. The summed E-state index contributed by atoms with van der Waals surface area (Å²) in [6.07, 6.45) is 12.8.